The number of carbonyl (C=O) groups is 1. The number of nitrogens with zero attached hydrogens (tertiary/aromatic N) is 2. The Bertz CT molecular complexity index is 610. The number of alkyl carbamates (subject to hydrolysis) is 1. The van der Waals surface area contributed by atoms with E-state index in [9.17, 15) is 9.18 Å². The third-order valence-electron chi connectivity index (χ3n) is 3.13. The summed E-state index contributed by atoms with van der Waals surface area (Å²) in [6.07, 6.45) is 1.05. The number of aryl methyl sites for hydroxylation is 2. The molecule has 0 saturated heterocycles. The fraction of sp³-hybridized carbons (Fsp3) is 0.429. The molecular weight excluding hydrogens is 261 g/mol. The number of nitrogens with one attached hydrogen (secondary N) is 1. The van der Waals surface area contributed by atoms with Crippen LogP contribution < -0.4 is 5.32 Å². The lowest BCUT2D eigenvalue weighted by Gasteiger charge is -2.05. The van der Waals surface area contributed by atoms with Gasteiger partial charge >= 0.3 is 6.09 Å². The van der Waals surface area contributed by atoms with Crippen LogP contribution in [0.3, 0.4) is 0 Å². The lowest BCUT2D eigenvalue weighted by molar-refractivity contribution is 0.170. The monoisotopic (exact) mass is 279 g/mol. The van der Waals surface area contributed by atoms with Gasteiger partial charge in [0.1, 0.15) is 5.82 Å². The zero-order chi connectivity index (χ0) is 14.5. The Morgan fingerprint density at radius 1 is 1.50 bits per heavy atom. The predicted octanol–water partition coefficient (Wildman–Crippen LogP) is 2.48. The second kappa shape index (κ2) is 6.36. The SMILES string of the molecule is CCc1nn(CCCNC(=O)OC)c2cc(F)ccc12. The number of hydrogen-bond donors (Lipinski definition) is 1. The molecule has 1 aromatic heterocycles. The molecule has 0 aliphatic rings. The Kier molecular flexibility index (Phi) is 4.55. The Hall–Kier alpha value is -2.11. The molecule has 0 unspecified atom stereocenters. The Labute approximate surface area is 116 Å². The third kappa shape index (κ3) is 3.07. The second-order valence-electron chi connectivity index (χ2n) is 4.46. The van der Waals surface area contributed by atoms with Gasteiger partial charge in [-0.25, -0.2) is 9.18 Å². The van der Waals surface area contributed by atoms with Crippen LogP contribution in [-0.4, -0.2) is 29.5 Å². The number of ether oxygens (including phenoxy) is 1. The molecule has 5 nitrogen and oxygen atoms in total. The average Bonchev–Trinajstić information content (AvgIpc) is 2.80. The van der Waals surface area contributed by atoms with Gasteiger partial charge in [-0.1, -0.05) is 6.92 Å². The number of amides is 1. The highest BCUT2D eigenvalue weighted by Gasteiger charge is 2.10. The van der Waals surface area contributed by atoms with Crippen molar-refractivity contribution in [2.24, 2.45) is 0 Å². The number of methoxy groups -OCH3 is 1. The minimum atomic E-state index is -0.449. The first-order chi connectivity index (χ1) is 9.65. The van der Waals surface area contributed by atoms with E-state index in [1.165, 1.54) is 19.2 Å². The summed E-state index contributed by atoms with van der Waals surface area (Å²) in [5.41, 5.74) is 1.75. The van der Waals surface area contributed by atoms with Crippen molar-refractivity contribution < 1.29 is 13.9 Å². The number of benzene rings is 1. The van der Waals surface area contributed by atoms with E-state index in [0.717, 1.165) is 23.0 Å². The van der Waals surface area contributed by atoms with E-state index in [0.29, 0.717) is 19.5 Å². The van der Waals surface area contributed by atoms with Crippen LogP contribution in [0.25, 0.3) is 10.9 Å². The highest BCUT2D eigenvalue weighted by atomic mass is 19.1. The van der Waals surface area contributed by atoms with Gasteiger partial charge in [0.2, 0.25) is 0 Å². The summed E-state index contributed by atoms with van der Waals surface area (Å²) in [5.74, 6) is -0.269. The molecule has 20 heavy (non-hydrogen) atoms. The maximum absolute atomic E-state index is 13.4. The van der Waals surface area contributed by atoms with Crippen LogP contribution in [0.4, 0.5) is 9.18 Å². The van der Waals surface area contributed by atoms with Gasteiger partial charge in [-0.15, -0.1) is 0 Å². The first-order valence-electron chi connectivity index (χ1n) is 6.62. The van der Waals surface area contributed by atoms with E-state index < -0.39 is 6.09 Å². The molecule has 1 N–H and O–H groups in total. The number of hydrogen-bond acceptors (Lipinski definition) is 3. The van der Waals surface area contributed by atoms with Crippen molar-refractivity contribution in [2.45, 2.75) is 26.3 Å². The summed E-state index contributed by atoms with van der Waals surface area (Å²) in [6, 6.07) is 4.71. The first kappa shape index (κ1) is 14.3. The van der Waals surface area contributed by atoms with Gasteiger partial charge in [0.25, 0.3) is 0 Å². The third-order valence-corrected chi connectivity index (χ3v) is 3.13. The minimum Gasteiger partial charge on any atom is -0.453 e. The highest BCUT2D eigenvalue weighted by molar-refractivity contribution is 5.82. The maximum atomic E-state index is 13.4. The van der Waals surface area contributed by atoms with Crippen molar-refractivity contribution in [2.75, 3.05) is 13.7 Å². The molecule has 1 amide bonds. The molecular formula is C14H18FN3O2. The van der Waals surface area contributed by atoms with Gasteiger partial charge in [0.05, 0.1) is 18.3 Å². The lowest BCUT2D eigenvalue weighted by atomic mass is 10.2. The molecule has 2 rings (SSSR count). The van der Waals surface area contributed by atoms with Crippen LogP contribution in [0.5, 0.6) is 0 Å². The molecule has 0 atom stereocenters. The standard InChI is InChI=1S/C14H18FN3O2/c1-3-12-11-6-5-10(15)9-13(11)18(17-12)8-4-7-16-14(19)20-2/h5-6,9H,3-4,7-8H2,1-2H3,(H,16,19). The summed E-state index contributed by atoms with van der Waals surface area (Å²) in [4.78, 5) is 10.9. The zero-order valence-corrected chi connectivity index (χ0v) is 11.6. The van der Waals surface area contributed by atoms with Gasteiger partial charge in [0.15, 0.2) is 0 Å². The van der Waals surface area contributed by atoms with E-state index >= 15 is 0 Å². The molecule has 0 bridgehead atoms. The summed E-state index contributed by atoms with van der Waals surface area (Å²) in [6.45, 7) is 3.13. The van der Waals surface area contributed by atoms with Gasteiger partial charge in [-0.2, -0.15) is 5.10 Å². The van der Waals surface area contributed by atoms with Crippen molar-refractivity contribution in [1.82, 2.24) is 15.1 Å². The van der Waals surface area contributed by atoms with Crippen LogP contribution in [-0.2, 0) is 17.7 Å². The second-order valence-corrected chi connectivity index (χ2v) is 4.46. The maximum Gasteiger partial charge on any atom is 0.406 e. The highest BCUT2D eigenvalue weighted by Crippen LogP contribution is 2.20. The van der Waals surface area contributed by atoms with Crippen molar-refractivity contribution in [1.29, 1.82) is 0 Å². The van der Waals surface area contributed by atoms with E-state index in [-0.39, 0.29) is 5.82 Å². The molecule has 6 heteroatoms. The van der Waals surface area contributed by atoms with Crippen molar-refractivity contribution in [3.05, 3.63) is 29.7 Å². The van der Waals surface area contributed by atoms with Crippen LogP contribution in [0.15, 0.2) is 18.2 Å². The van der Waals surface area contributed by atoms with Gasteiger partial charge in [0, 0.05) is 18.5 Å². The van der Waals surface area contributed by atoms with E-state index in [1.54, 1.807) is 10.7 Å². The number of aromatic nitrogens is 2. The normalized spacial score (nSPS) is 10.8. The Morgan fingerprint density at radius 2 is 2.30 bits per heavy atom. The topological polar surface area (TPSA) is 56.2 Å². The molecule has 0 aliphatic heterocycles. The first-order valence-corrected chi connectivity index (χ1v) is 6.62. The number of carbonyl (C=O) groups excluding carboxylic acids is 1. The molecule has 1 aromatic carbocycles. The predicted molar refractivity (Wildman–Crippen MR) is 74.1 cm³/mol. The molecule has 1 heterocycles. The van der Waals surface area contributed by atoms with E-state index in [2.05, 4.69) is 15.2 Å². The van der Waals surface area contributed by atoms with Crippen molar-refractivity contribution in [3.63, 3.8) is 0 Å². The molecule has 2 aromatic rings. The van der Waals surface area contributed by atoms with E-state index in [4.69, 9.17) is 0 Å². The Balaban J connectivity index is 2.09. The van der Waals surface area contributed by atoms with E-state index in [1.807, 2.05) is 6.92 Å². The van der Waals surface area contributed by atoms with Crippen LogP contribution in [0, 0.1) is 5.82 Å². The summed E-state index contributed by atoms with van der Waals surface area (Å²) < 4.78 is 19.6. The molecule has 0 aliphatic carbocycles. The van der Waals surface area contributed by atoms with Gasteiger partial charge < -0.3 is 10.1 Å². The van der Waals surface area contributed by atoms with Crippen molar-refractivity contribution >= 4 is 17.0 Å². The van der Waals surface area contributed by atoms with Gasteiger partial charge in [-0.3, -0.25) is 4.68 Å². The summed E-state index contributed by atoms with van der Waals surface area (Å²) >= 11 is 0. The molecule has 0 radical (unpaired) electrons. The average molecular weight is 279 g/mol. The molecule has 0 saturated carbocycles. The van der Waals surface area contributed by atoms with Crippen molar-refractivity contribution in [3.8, 4) is 0 Å². The quantitative estimate of drug-likeness (QED) is 0.855. The van der Waals surface area contributed by atoms with Crippen LogP contribution >= 0.6 is 0 Å². The number of rotatable bonds is 5. The number of halogens is 1. The fourth-order valence-electron chi connectivity index (χ4n) is 2.14. The zero-order valence-electron chi connectivity index (χ0n) is 11.6. The molecule has 0 fully saturated rings. The largest absolute Gasteiger partial charge is 0.453 e. The molecule has 108 valence electrons. The smallest absolute Gasteiger partial charge is 0.406 e. The summed E-state index contributed by atoms with van der Waals surface area (Å²) in [5, 5.41) is 8.08. The fourth-order valence-corrected chi connectivity index (χ4v) is 2.14. The summed E-state index contributed by atoms with van der Waals surface area (Å²) in [7, 11) is 1.33. The Morgan fingerprint density at radius 3 is 3.00 bits per heavy atom. The van der Waals surface area contributed by atoms with Crippen LogP contribution in [0.2, 0.25) is 0 Å². The lowest BCUT2D eigenvalue weighted by Crippen LogP contribution is -2.24. The van der Waals surface area contributed by atoms with Gasteiger partial charge in [-0.05, 0) is 31.0 Å². The minimum absolute atomic E-state index is 0.269. The van der Waals surface area contributed by atoms with Crippen LogP contribution in [0.1, 0.15) is 19.0 Å². The number of fused-ring (bicyclic) bond motifs is 1. The molecule has 0 spiro atoms.